The van der Waals surface area contributed by atoms with Gasteiger partial charge in [0.15, 0.2) is 11.5 Å². The highest BCUT2D eigenvalue weighted by molar-refractivity contribution is 7.89. The van der Waals surface area contributed by atoms with Crippen molar-refractivity contribution in [1.82, 2.24) is 14.2 Å². The zero-order valence-corrected chi connectivity index (χ0v) is 27.9. The summed E-state index contributed by atoms with van der Waals surface area (Å²) >= 11 is 12.8. The number of carbonyl (C=O) groups excluding carboxylic acids is 2. The molecular weight excluding hydrogens is 679 g/mol. The van der Waals surface area contributed by atoms with Gasteiger partial charge >= 0.3 is 12.6 Å². The van der Waals surface area contributed by atoms with Crippen molar-refractivity contribution in [2.75, 3.05) is 27.2 Å². The molecule has 1 saturated heterocycles. The van der Waals surface area contributed by atoms with Gasteiger partial charge in [0.1, 0.15) is 12.1 Å². The molecule has 2 aromatic carbocycles. The van der Waals surface area contributed by atoms with Crippen molar-refractivity contribution in [3.8, 4) is 11.5 Å². The number of esters is 1. The summed E-state index contributed by atoms with van der Waals surface area (Å²) in [6.45, 7) is -2.74. The molecule has 2 atom stereocenters. The van der Waals surface area contributed by atoms with Crippen LogP contribution in [-0.2, 0) is 26.0 Å². The third kappa shape index (κ3) is 8.32. The lowest BCUT2D eigenvalue weighted by atomic mass is 10.0. The lowest BCUT2D eigenvalue weighted by Crippen LogP contribution is -2.42. The number of pyridine rings is 1. The maximum absolute atomic E-state index is 13.8. The highest BCUT2D eigenvalue weighted by atomic mass is 35.5. The number of nitrogens with zero attached hydrogens (tertiary/aromatic N) is 3. The van der Waals surface area contributed by atoms with E-state index in [-0.39, 0.29) is 57.3 Å². The van der Waals surface area contributed by atoms with Crippen LogP contribution in [0.25, 0.3) is 0 Å². The van der Waals surface area contributed by atoms with Crippen LogP contribution in [0, 0.1) is 5.92 Å². The Morgan fingerprint density at radius 1 is 1.04 bits per heavy atom. The first-order valence-electron chi connectivity index (χ1n) is 14.9. The first kappa shape index (κ1) is 34.8. The van der Waals surface area contributed by atoms with E-state index in [1.807, 2.05) is 0 Å². The molecule has 2 heterocycles. The molecular formula is C32H33Cl2F2N3O7S. The summed E-state index contributed by atoms with van der Waals surface area (Å²) in [5.41, 5.74) is 0.948. The Labute approximate surface area is 281 Å². The van der Waals surface area contributed by atoms with Crippen LogP contribution in [0.1, 0.15) is 53.3 Å². The fraction of sp³-hybridized carbons (Fsp3) is 0.406. The van der Waals surface area contributed by atoms with E-state index in [2.05, 4.69) is 9.72 Å². The summed E-state index contributed by atoms with van der Waals surface area (Å²) in [5, 5.41) is 0.414. The molecule has 0 radical (unpaired) electrons. The summed E-state index contributed by atoms with van der Waals surface area (Å²) in [7, 11) is -1.11. The third-order valence-corrected chi connectivity index (χ3v) is 10.5. The van der Waals surface area contributed by atoms with Crippen LogP contribution in [0.3, 0.4) is 0 Å². The van der Waals surface area contributed by atoms with Gasteiger partial charge in [-0.3, -0.25) is 14.6 Å². The lowest BCUT2D eigenvalue weighted by molar-refractivity contribution is -0.153. The van der Waals surface area contributed by atoms with Crippen LogP contribution in [0.15, 0.2) is 59.8 Å². The molecule has 0 bridgehead atoms. The minimum Gasteiger partial charge on any atom is -0.489 e. The first-order valence-corrected chi connectivity index (χ1v) is 17.1. The molecule has 15 heteroatoms. The van der Waals surface area contributed by atoms with Gasteiger partial charge in [-0.05, 0) is 73.1 Å². The fourth-order valence-corrected chi connectivity index (χ4v) is 7.45. The molecule has 1 aromatic heterocycles. The van der Waals surface area contributed by atoms with Crippen LogP contribution in [0.2, 0.25) is 10.0 Å². The predicted molar refractivity (Wildman–Crippen MR) is 169 cm³/mol. The summed E-state index contributed by atoms with van der Waals surface area (Å²) in [6.07, 6.45) is 4.13. The number of sulfonamides is 1. The molecule has 3 aromatic rings. The second-order valence-corrected chi connectivity index (χ2v) is 14.3. The standard InChI is InChI=1S/C32H33Cl2F2N3O7S/c1-38(2)30(40)21-5-3-6-22(13-21)47(42,43)39-12-4-7-26(39)31(41)45-28(15-23-24(33)16-37-17-25(23)34)20-10-11-27(46-32(35)36)29(14-20)44-18-19-8-9-19/h3,5-6,10-11,13-14,16-17,19,26,28,32H,4,7-9,12,15,18H2,1-2H3/t26-,28+/m0/s1. The molecule has 1 amide bonds. The van der Waals surface area contributed by atoms with Crippen LogP contribution in [0.5, 0.6) is 11.5 Å². The van der Waals surface area contributed by atoms with Crippen molar-refractivity contribution in [3.05, 3.63) is 81.6 Å². The summed E-state index contributed by atoms with van der Waals surface area (Å²) in [5.74, 6) is -1.04. The molecule has 252 valence electrons. The van der Waals surface area contributed by atoms with E-state index >= 15 is 0 Å². The number of aromatic nitrogens is 1. The topological polar surface area (TPSA) is 115 Å². The van der Waals surface area contributed by atoms with Crippen molar-refractivity contribution in [3.63, 3.8) is 0 Å². The second-order valence-electron chi connectivity index (χ2n) is 11.6. The highest BCUT2D eigenvalue weighted by Gasteiger charge is 2.41. The molecule has 5 rings (SSSR count). The van der Waals surface area contributed by atoms with Crippen molar-refractivity contribution in [1.29, 1.82) is 0 Å². The van der Waals surface area contributed by atoms with Gasteiger partial charge in [0.2, 0.25) is 10.0 Å². The van der Waals surface area contributed by atoms with Crippen LogP contribution < -0.4 is 9.47 Å². The number of benzene rings is 2. The lowest BCUT2D eigenvalue weighted by Gasteiger charge is -2.26. The zero-order chi connectivity index (χ0) is 33.9. The van der Waals surface area contributed by atoms with Crippen molar-refractivity contribution in [2.45, 2.75) is 55.8 Å². The predicted octanol–water partition coefficient (Wildman–Crippen LogP) is 6.16. The van der Waals surface area contributed by atoms with E-state index < -0.39 is 34.7 Å². The molecule has 47 heavy (non-hydrogen) atoms. The number of hydrogen-bond donors (Lipinski definition) is 0. The van der Waals surface area contributed by atoms with Gasteiger partial charge in [0.05, 0.1) is 21.5 Å². The van der Waals surface area contributed by atoms with E-state index in [0.717, 1.165) is 17.1 Å². The van der Waals surface area contributed by atoms with Crippen LogP contribution >= 0.6 is 23.2 Å². The molecule has 1 aliphatic carbocycles. The Morgan fingerprint density at radius 3 is 2.43 bits per heavy atom. The molecule has 10 nitrogen and oxygen atoms in total. The molecule has 0 unspecified atom stereocenters. The number of rotatable bonds is 13. The first-order chi connectivity index (χ1) is 22.3. The number of ether oxygens (including phenoxy) is 3. The van der Waals surface area contributed by atoms with Crippen molar-refractivity contribution < 1.29 is 41.0 Å². The molecule has 0 spiro atoms. The number of halogens is 4. The summed E-state index contributed by atoms with van der Waals surface area (Å²) in [4.78, 5) is 31.5. The van der Waals surface area contributed by atoms with Gasteiger partial charge in [0.25, 0.3) is 5.91 Å². The molecule has 1 aliphatic heterocycles. The monoisotopic (exact) mass is 711 g/mol. The number of hydrogen-bond acceptors (Lipinski definition) is 8. The smallest absolute Gasteiger partial charge is 0.387 e. The molecule has 2 aliphatic rings. The Morgan fingerprint density at radius 2 is 1.77 bits per heavy atom. The average Bonchev–Trinajstić information content (AvgIpc) is 3.72. The van der Waals surface area contributed by atoms with Gasteiger partial charge in [-0.1, -0.05) is 35.3 Å². The summed E-state index contributed by atoms with van der Waals surface area (Å²) < 4.78 is 71.5. The molecule has 0 N–H and O–H groups in total. The van der Waals surface area contributed by atoms with Gasteiger partial charge in [-0.25, -0.2) is 8.42 Å². The largest absolute Gasteiger partial charge is 0.489 e. The van der Waals surface area contributed by atoms with E-state index in [0.29, 0.717) is 30.1 Å². The second kappa shape index (κ2) is 14.7. The van der Waals surface area contributed by atoms with Gasteiger partial charge in [-0.2, -0.15) is 13.1 Å². The van der Waals surface area contributed by atoms with E-state index in [1.54, 1.807) is 14.1 Å². The zero-order valence-electron chi connectivity index (χ0n) is 25.6. The van der Waals surface area contributed by atoms with Crippen molar-refractivity contribution in [2.24, 2.45) is 5.92 Å². The Kier molecular flexibility index (Phi) is 10.9. The number of amides is 1. The number of alkyl halides is 2. The van der Waals surface area contributed by atoms with Gasteiger partial charge in [0, 0.05) is 45.0 Å². The van der Waals surface area contributed by atoms with E-state index in [4.69, 9.17) is 32.7 Å². The summed E-state index contributed by atoms with van der Waals surface area (Å²) in [6, 6.07) is 8.66. The maximum atomic E-state index is 13.8. The SMILES string of the molecule is CN(C)C(=O)c1cccc(S(=O)(=O)N2CCC[C@H]2C(=O)O[C@H](Cc2c(Cl)cncc2Cl)c2ccc(OC(F)F)c(OCC3CC3)c2)c1. The minimum atomic E-state index is -4.22. The molecule has 2 fully saturated rings. The Hall–Kier alpha value is -3.52. The fourth-order valence-electron chi connectivity index (χ4n) is 5.23. The van der Waals surface area contributed by atoms with E-state index in [9.17, 15) is 26.8 Å². The van der Waals surface area contributed by atoms with Gasteiger partial charge < -0.3 is 19.1 Å². The van der Waals surface area contributed by atoms with E-state index in [1.165, 1.54) is 59.8 Å². The van der Waals surface area contributed by atoms with Crippen molar-refractivity contribution >= 4 is 45.1 Å². The Bertz CT molecular complexity index is 1720. The van der Waals surface area contributed by atoms with Gasteiger partial charge in [-0.15, -0.1) is 0 Å². The third-order valence-electron chi connectivity index (χ3n) is 7.90. The van der Waals surface area contributed by atoms with Crippen LogP contribution in [0.4, 0.5) is 8.78 Å². The quantitative estimate of drug-likeness (QED) is 0.194. The average molecular weight is 713 g/mol. The highest BCUT2D eigenvalue weighted by Crippen LogP contribution is 2.38. The van der Waals surface area contributed by atoms with Crippen LogP contribution in [-0.4, -0.2) is 74.4 Å². The molecule has 1 saturated carbocycles. The number of carbonyl (C=O) groups is 2. The minimum absolute atomic E-state index is 0.0416. The normalized spacial score (nSPS) is 17.4. The Balaban J connectivity index is 1.46. The maximum Gasteiger partial charge on any atom is 0.387 e.